The zero-order valence-electron chi connectivity index (χ0n) is 6.81. The van der Waals surface area contributed by atoms with Crippen LogP contribution in [0.25, 0.3) is 5.69 Å². The van der Waals surface area contributed by atoms with Crippen LogP contribution in [-0.2, 0) is 0 Å². The predicted molar refractivity (Wildman–Crippen MR) is 46.1 cm³/mol. The second-order valence-electron chi connectivity index (χ2n) is 2.62. The van der Waals surface area contributed by atoms with E-state index >= 15 is 0 Å². The van der Waals surface area contributed by atoms with Crippen LogP contribution in [0, 0.1) is 6.92 Å². The van der Waals surface area contributed by atoms with Crippen LogP contribution in [0.4, 0.5) is 0 Å². The summed E-state index contributed by atoms with van der Waals surface area (Å²) in [6.07, 6.45) is 1.74. The van der Waals surface area contributed by atoms with Crippen molar-refractivity contribution in [2.45, 2.75) is 6.92 Å². The van der Waals surface area contributed by atoms with Crippen LogP contribution in [0.5, 0.6) is 0 Å². The summed E-state index contributed by atoms with van der Waals surface area (Å²) in [4.78, 5) is 0. The van der Waals surface area contributed by atoms with E-state index < -0.39 is 0 Å². The first-order valence-electron chi connectivity index (χ1n) is 3.80. The summed E-state index contributed by atoms with van der Waals surface area (Å²) in [5.74, 6) is 0. The lowest BCUT2D eigenvalue weighted by Gasteiger charge is -2.00. The molecule has 0 N–H and O–H groups in total. The fourth-order valence-electron chi connectivity index (χ4n) is 1.11. The SMILES string of the molecule is Cc1cnnn1-c1ccccc1. The van der Waals surface area contributed by atoms with E-state index in [4.69, 9.17) is 0 Å². The smallest absolute Gasteiger partial charge is 0.0726 e. The number of hydrogen-bond donors (Lipinski definition) is 0. The number of rotatable bonds is 1. The van der Waals surface area contributed by atoms with Crippen molar-refractivity contribution in [2.75, 3.05) is 0 Å². The summed E-state index contributed by atoms with van der Waals surface area (Å²) < 4.78 is 1.81. The second kappa shape index (κ2) is 2.77. The Morgan fingerprint density at radius 2 is 1.92 bits per heavy atom. The van der Waals surface area contributed by atoms with E-state index in [9.17, 15) is 0 Å². The molecule has 1 heterocycles. The van der Waals surface area contributed by atoms with E-state index in [1.165, 1.54) is 0 Å². The van der Waals surface area contributed by atoms with Gasteiger partial charge in [-0.2, -0.15) is 0 Å². The van der Waals surface area contributed by atoms with E-state index in [0.29, 0.717) is 0 Å². The van der Waals surface area contributed by atoms with Gasteiger partial charge in [0.05, 0.1) is 17.6 Å². The molecule has 2 aromatic rings. The fraction of sp³-hybridized carbons (Fsp3) is 0.111. The number of para-hydroxylation sites is 1. The molecule has 1 aromatic heterocycles. The quantitative estimate of drug-likeness (QED) is 0.632. The average Bonchev–Trinajstić information content (AvgIpc) is 2.53. The number of aryl methyl sites for hydroxylation is 1. The van der Waals surface area contributed by atoms with Crippen molar-refractivity contribution in [1.29, 1.82) is 0 Å². The van der Waals surface area contributed by atoms with Crippen molar-refractivity contribution in [2.24, 2.45) is 0 Å². The summed E-state index contributed by atoms with van der Waals surface area (Å²) in [6, 6.07) is 9.95. The minimum Gasteiger partial charge on any atom is -0.218 e. The van der Waals surface area contributed by atoms with Crippen molar-refractivity contribution in [3.05, 3.63) is 42.2 Å². The van der Waals surface area contributed by atoms with Crippen molar-refractivity contribution >= 4 is 0 Å². The lowest BCUT2D eigenvalue weighted by molar-refractivity contribution is 0.785. The summed E-state index contributed by atoms with van der Waals surface area (Å²) in [7, 11) is 0. The molecule has 0 saturated carbocycles. The highest BCUT2D eigenvalue weighted by Gasteiger charge is 1.98. The maximum Gasteiger partial charge on any atom is 0.0726 e. The summed E-state index contributed by atoms with van der Waals surface area (Å²) >= 11 is 0. The van der Waals surface area contributed by atoms with Gasteiger partial charge < -0.3 is 0 Å². The molecule has 0 aliphatic carbocycles. The number of hydrogen-bond acceptors (Lipinski definition) is 2. The minimum atomic E-state index is 1.04. The Hall–Kier alpha value is -1.64. The molecular formula is C9H9N3. The van der Waals surface area contributed by atoms with Gasteiger partial charge in [-0.15, -0.1) is 5.10 Å². The first kappa shape index (κ1) is 7.03. The Morgan fingerprint density at radius 1 is 1.17 bits per heavy atom. The minimum absolute atomic E-state index is 1.04. The van der Waals surface area contributed by atoms with Gasteiger partial charge in [-0.1, -0.05) is 23.4 Å². The molecule has 60 valence electrons. The zero-order chi connectivity index (χ0) is 8.39. The summed E-state index contributed by atoms with van der Waals surface area (Å²) in [5, 5.41) is 7.76. The van der Waals surface area contributed by atoms with E-state index in [2.05, 4.69) is 10.3 Å². The van der Waals surface area contributed by atoms with Gasteiger partial charge >= 0.3 is 0 Å². The van der Waals surface area contributed by atoms with Gasteiger partial charge in [0, 0.05) is 0 Å². The first-order valence-corrected chi connectivity index (χ1v) is 3.80. The Morgan fingerprint density at radius 3 is 2.50 bits per heavy atom. The lowest BCUT2D eigenvalue weighted by Crippen LogP contribution is -1.97. The van der Waals surface area contributed by atoms with Crippen LogP contribution in [0.2, 0.25) is 0 Å². The molecule has 0 spiro atoms. The number of nitrogens with zero attached hydrogens (tertiary/aromatic N) is 3. The normalized spacial score (nSPS) is 10.1. The van der Waals surface area contributed by atoms with Crippen LogP contribution in [-0.4, -0.2) is 15.0 Å². The summed E-state index contributed by atoms with van der Waals surface area (Å²) in [5.41, 5.74) is 2.09. The molecule has 0 amide bonds. The summed E-state index contributed by atoms with van der Waals surface area (Å²) in [6.45, 7) is 1.98. The largest absolute Gasteiger partial charge is 0.218 e. The average molecular weight is 159 g/mol. The molecule has 3 heteroatoms. The van der Waals surface area contributed by atoms with Crippen LogP contribution in [0.3, 0.4) is 0 Å². The van der Waals surface area contributed by atoms with Crippen molar-refractivity contribution in [1.82, 2.24) is 15.0 Å². The molecule has 3 nitrogen and oxygen atoms in total. The first-order chi connectivity index (χ1) is 5.88. The molecule has 0 fully saturated rings. The third-order valence-corrected chi connectivity index (χ3v) is 1.72. The van der Waals surface area contributed by atoms with E-state index in [1.807, 2.05) is 37.3 Å². The fourth-order valence-corrected chi connectivity index (χ4v) is 1.11. The zero-order valence-corrected chi connectivity index (χ0v) is 6.81. The molecule has 0 aliphatic rings. The lowest BCUT2D eigenvalue weighted by atomic mass is 10.3. The van der Waals surface area contributed by atoms with E-state index in [0.717, 1.165) is 11.4 Å². The van der Waals surface area contributed by atoms with Gasteiger partial charge in [0.1, 0.15) is 0 Å². The highest BCUT2D eigenvalue weighted by molar-refractivity contribution is 5.30. The monoisotopic (exact) mass is 159 g/mol. The molecule has 2 rings (SSSR count). The predicted octanol–water partition coefficient (Wildman–Crippen LogP) is 1.58. The van der Waals surface area contributed by atoms with Gasteiger partial charge in [0.15, 0.2) is 0 Å². The highest BCUT2D eigenvalue weighted by atomic mass is 15.4. The Kier molecular flexibility index (Phi) is 1.63. The van der Waals surface area contributed by atoms with Crippen LogP contribution in [0.1, 0.15) is 5.69 Å². The highest BCUT2D eigenvalue weighted by Crippen LogP contribution is 2.06. The van der Waals surface area contributed by atoms with Gasteiger partial charge in [-0.05, 0) is 19.1 Å². The molecular weight excluding hydrogens is 150 g/mol. The molecule has 0 bridgehead atoms. The van der Waals surface area contributed by atoms with Crippen molar-refractivity contribution in [3.8, 4) is 5.69 Å². The molecule has 12 heavy (non-hydrogen) atoms. The standard InChI is InChI=1S/C9H9N3/c1-8-7-10-11-12(8)9-5-3-2-4-6-9/h2-7H,1H3. The van der Waals surface area contributed by atoms with E-state index in [-0.39, 0.29) is 0 Å². The molecule has 0 aliphatic heterocycles. The third-order valence-electron chi connectivity index (χ3n) is 1.72. The van der Waals surface area contributed by atoms with E-state index in [1.54, 1.807) is 10.9 Å². The Bertz CT molecular complexity index is 364. The van der Waals surface area contributed by atoms with Gasteiger partial charge in [-0.3, -0.25) is 0 Å². The molecule has 0 saturated heterocycles. The molecule has 0 radical (unpaired) electrons. The van der Waals surface area contributed by atoms with Crippen LogP contribution >= 0.6 is 0 Å². The molecule has 0 atom stereocenters. The van der Waals surface area contributed by atoms with Crippen LogP contribution < -0.4 is 0 Å². The maximum atomic E-state index is 3.95. The van der Waals surface area contributed by atoms with Crippen LogP contribution in [0.15, 0.2) is 36.5 Å². The molecule has 0 unspecified atom stereocenters. The third kappa shape index (κ3) is 1.09. The Labute approximate surface area is 70.6 Å². The molecule has 1 aromatic carbocycles. The number of aromatic nitrogens is 3. The maximum absolute atomic E-state index is 3.95. The van der Waals surface area contributed by atoms with Crippen molar-refractivity contribution in [3.63, 3.8) is 0 Å². The number of benzene rings is 1. The Balaban J connectivity index is 2.51. The van der Waals surface area contributed by atoms with Crippen molar-refractivity contribution < 1.29 is 0 Å². The van der Waals surface area contributed by atoms with Gasteiger partial charge in [-0.25, -0.2) is 4.68 Å². The second-order valence-corrected chi connectivity index (χ2v) is 2.62. The topological polar surface area (TPSA) is 30.7 Å². The van der Waals surface area contributed by atoms with Gasteiger partial charge in [0.2, 0.25) is 0 Å². The van der Waals surface area contributed by atoms with Gasteiger partial charge in [0.25, 0.3) is 0 Å².